The molecule has 0 saturated carbocycles. The first kappa shape index (κ1) is 17.0. The van der Waals surface area contributed by atoms with Gasteiger partial charge in [-0.1, -0.05) is 0 Å². The van der Waals surface area contributed by atoms with Gasteiger partial charge in [0.25, 0.3) is 0 Å². The molecule has 1 amide bonds. The fourth-order valence-electron chi connectivity index (χ4n) is 2.77. The van der Waals surface area contributed by atoms with Crippen LogP contribution in [0.5, 0.6) is 0 Å². The van der Waals surface area contributed by atoms with E-state index in [1.165, 1.54) is 4.21 Å². The Bertz CT molecular complexity index is 892. The quantitative estimate of drug-likeness (QED) is 0.652. The first-order valence-electron chi connectivity index (χ1n) is 7.60. The van der Waals surface area contributed by atoms with Gasteiger partial charge in [0, 0.05) is 24.9 Å². The van der Waals surface area contributed by atoms with E-state index < -0.39 is 0 Å². The Morgan fingerprint density at radius 3 is 2.67 bits per heavy atom. The van der Waals surface area contributed by atoms with Gasteiger partial charge in [-0.05, 0) is 39.2 Å². The molecule has 3 aromatic rings. The van der Waals surface area contributed by atoms with Gasteiger partial charge in [0.05, 0.1) is 15.3 Å². The van der Waals surface area contributed by atoms with Crippen LogP contribution in [0.2, 0.25) is 0 Å². The lowest BCUT2D eigenvalue weighted by Crippen LogP contribution is -2.45. The predicted octanol–water partition coefficient (Wildman–Crippen LogP) is 4.33. The number of anilines is 1. The number of rotatable bonds is 3. The second kappa shape index (κ2) is 6.22. The summed E-state index contributed by atoms with van der Waals surface area (Å²) in [7, 11) is 0. The van der Waals surface area contributed by atoms with E-state index in [1.807, 2.05) is 31.4 Å². The van der Waals surface area contributed by atoms with E-state index in [-0.39, 0.29) is 11.4 Å². The van der Waals surface area contributed by atoms with Gasteiger partial charge in [0.2, 0.25) is 5.91 Å². The van der Waals surface area contributed by atoms with Crippen LogP contribution in [0, 0.1) is 0 Å². The summed E-state index contributed by atoms with van der Waals surface area (Å²) in [5.41, 5.74) is 1.19. The molecule has 0 aliphatic carbocycles. The first-order valence-corrected chi connectivity index (χ1v) is 9.64. The molecule has 7 heteroatoms. The maximum absolute atomic E-state index is 12.4. The van der Waals surface area contributed by atoms with Gasteiger partial charge in [0.15, 0.2) is 5.65 Å². The molecule has 3 heterocycles. The third kappa shape index (κ3) is 2.93. The van der Waals surface area contributed by atoms with Gasteiger partial charge in [-0.15, -0.1) is 23.1 Å². The number of carbonyl (C=O) groups is 1. The predicted molar refractivity (Wildman–Crippen MR) is 101 cm³/mol. The summed E-state index contributed by atoms with van der Waals surface area (Å²) in [6, 6.07) is 4.15. The number of aromatic nitrogens is 3. The fourth-order valence-corrected chi connectivity index (χ4v) is 4.30. The first-order chi connectivity index (χ1) is 11.3. The van der Waals surface area contributed by atoms with Crippen LogP contribution in [0.15, 0.2) is 34.9 Å². The molecule has 0 bridgehead atoms. The minimum atomic E-state index is -0.362. The molecule has 0 atom stereocenters. The third-order valence-corrected chi connectivity index (χ3v) is 5.79. The van der Waals surface area contributed by atoms with Crippen LogP contribution < -0.4 is 4.90 Å². The summed E-state index contributed by atoms with van der Waals surface area (Å²) in [5.74, 6) is 0.783. The minimum absolute atomic E-state index is 0.0102. The lowest BCUT2D eigenvalue weighted by molar-refractivity contribution is -0.117. The van der Waals surface area contributed by atoms with Gasteiger partial charge < -0.3 is 0 Å². The second-order valence-corrected chi connectivity index (χ2v) is 8.63. The summed E-state index contributed by atoms with van der Waals surface area (Å²) in [6.45, 7) is 7.68. The Morgan fingerprint density at radius 1 is 1.33 bits per heavy atom. The largest absolute Gasteiger partial charge is 0.291 e. The van der Waals surface area contributed by atoms with E-state index in [0.29, 0.717) is 0 Å². The molecule has 0 spiro atoms. The van der Waals surface area contributed by atoms with E-state index in [1.54, 1.807) is 47.3 Å². The summed E-state index contributed by atoms with van der Waals surface area (Å²) < 4.78 is 3.16. The lowest BCUT2D eigenvalue weighted by atomic mass is 10.1. The molecule has 0 aliphatic heterocycles. The highest BCUT2D eigenvalue weighted by molar-refractivity contribution is 8.00. The topological polar surface area (TPSA) is 50.5 Å². The van der Waals surface area contributed by atoms with E-state index >= 15 is 0 Å². The number of thiophene rings is 1. The van der Waals surface area contributed by atoms with E-state index in [9.17, 15) is 4.79 Å². The lowest BCUT2D eigenvalue weighted by Gasteiger charge is -2.34. The second-order valence-electron chi connectivity index (χ2n) is 6.44. The molecule has 0 unspecified atom stereocenters. The van der Waals surface area contributed by atoms with Gasteiger partial charge in [-0.2, -0.15) is 0 Å². The zero-order valence-electron chi connectivity index (χ0n) is 14.4. The fraction of sp³-hybridized carbons (Fsp3) is 0.353. The number of hydrogen-bond acceptors (Lipinski definition) is 5. The van der Waals surface area contributed by atoms with Crippen LogP contribution in [0.3, 0.4) is 0 Å². The van der Waals surface area contributed by atoms with Crippen molar-refractivity contribution in [3.63, 3.8) is 0 Å². The highest BCUT2D eigenvalue weighted by Gasteiger charge is 2.31. The maximum Gasteiger partial charge on any atom is 0.225 e. The van der Waals surface area contributed by atoms with E-state index in [0.717, 1.165) is 22.0 Å². The standard InChI is InChI=1S/C17H20N4OS2/c1-11(22)21(17(2,3)4)16-15(12-6-7-14(23-5)24-12)19-13-10-18-8-9-20(13)16/h6-10H,1-5H3. The van der Waals surface area contributed by atoms with Crippen molar-refractivity contribution in [1.82, 2.24) is 14.4 Å². The van der Waals surface area contributed by atoms with Crippen molar-refractivity contribution in [3.8, 4) is 10.6 Å². The summed E-state index contributed by atoms with van der Waals surface area (Å²) in [5, 5.41) is 0. The molecule has 3 aromatic heterocycles. The molecule has 0 N–H and O–H groups in total. The monoisotopic (exact) mass is 360 g/mol. The molecule has 0 radical (unpaired) electrons. The van der Waals surface area contributed by atoms with Crippen molar-refractivity contribution in [3.05, 3.63) is 30.7 Å². The van der Waals surface area contributed by atoms with Crippen molar-refractivity contribution in [2.24, 2.45) is 0 Å². The number of nitrogens with zero attached hydrogens (tertiary/aromatic N) is 4. The Kier molecular flexibility index (Phi) is 4.40. The molecule has 24 heavy (non-hydrogen) atoms. The Balaban J connectivity index is 2.31. The SMILES string of the molecule is CSc1ccc(-c2nc3cnccn3c2N(C(C)=O)C(C)(C)C)s1. The van der Waals surface area contributed by atoms with Crippen LogP contribution in [-0.4, -0.2) is 32.1 Å². The highest BCUT2D eigenvalue weighted by Crippen LogP contribution is 2.40. The van der Waals surface area contributed by atoms with Crippen LogP contribution >= 0.6 is 23.1 Å². The van der Waals surface area contributed by atoms with Crippen LogP contribution in [0.1, 0.15) is 27.7 Å². The van der Waals surface area contributed by atoms with Crippen molar-refractivity contribution >= 4 is 40.5 Å². The molecular formula is C17H20N4OS2. The Morgan fingerprint density at radius 2 is 2.08 bits per heavy atom. The molecule has 5 nitrogen and oxygen atoms in total. The van der Waals surface area contributed by atoms with Crippen molar-refractivity contribution in [2.45, 2.75) is 37.4 Å². The maximum atomic E-state index is 12.4. The van der Waals surface area contributed by atoms with Crippen molar-refractivity contribution in [1.29, 1.82) is 0 Å². The number of amides is 1. The Hall–Kier alpha value is -1.86. The average Bonchev–Trinajstić information content (AvgIpc) is 3.10. The number of hydrogen-bond donors (Lipinski definition) is 0. The van der Waals surface area contributed by atoms with Gasteiger partial charge in [0.1, 0.15) is 11.5 Å². The molecule has 126 valence electrons. The smallest absolute Gasteiger partial charge is 0.225 e. The van der Waals surface area contributed by atoms with Crippen molar-refractivity contribution < 1.29 is 4.79 Å². The number of carbonyl (C=O) groups excluding carboxylic acids is 1. The molecule has 0 aliphatic rings. The van der Waals surface area contributed by atoms with Crippen LogP contribution in [0.25, 0.3) is 16.2 Å². The molecule has 3 rings (SSSR count). The van der Waals surface area contributed by atoms with E-state index in [2.05, 4.69) is 23.4 Å². The van der Waals surface area contributed by atoms with Gasteiger partial charge >= 0.3 is 0 Å². The van der Waals surface area contributed by atoms with Crippen LogP contribution in [0.4, 0.5) is 5.82 Å². The molecule has 0 aromatic carbocycles. The summed E-state index contributed by atoms with van der Waals surface area (Å²) >= 11 is 3.39. The zero-order valence-corrected chi connectivity index (χ0v) is 16.0. The third-order valence-electron chi connectivity index (χ3n) is 3.62. The number of thioether (sulfide) groups is 1. The van der Waals surface area contributed by atoms with Gasteiger partial charge in [-0.25, -0.2) is 4.98 Å². The van der Waals surface area contributed by atoms with Gasteiger partial charge in [-0.3, -0.25) is 19.1 Å². The molecule has 0 saturated heterocycles. The minimum Gasteiger partial charge on any atom is -0.291 e. The number of fused-ring (bicyclic) bond motifs is 1. The zero-order chi connectivity index (χ0) is 17.5. The van der Waals surface area contributed by atoms with Crippen molar-refractivity contribution in [2.75, 3.05) is 11.2 Å². The number of imidazole rings is 1. The van der Waals surface area contributed by atoms with Crippen LogP contribution in [-0.2, 0) is 4.79 Å². The molecule has 0 fully saturated rings. The average molecular weight is 361 g/mol. The normalized spacial score (nSPS) is 11.9. The highest BCUT2D eigenvalue weighted by atomic mass is 32.2. The Labute approximate surface area is 149 Å². The molecular weight excluding hydrogens is 340 g/mol. The summed E-state index contributed by atoms with van der Waals surface area (Å²) in [4.78, 5) is 24.2. The summed E-state index contributed by atoms with van der Waals surface area (Å²) in [6.07, 6.45) is 7.34. The van der Waals surface area contributed by atoms with E-state index in [4.69, 9.17) is 4.98 Å².